The van der Waals surface area contributed by atoms with Gasteiger partial charge in [0, 0.05) is 12.3 Å². The number of hydrogen-bond donors (Lipinski definition) is 1. The lowest BCUT2D eigenvalue weighted by molar-refractivity contribution is -0.212. The molecule has 9 unspecified atom stereocenters. The van der Waals surface area contributed by atoms with Crippen LogP contribution in [0.25, 0.3) is 0 Å². The fourth-order valence-corrected chi connectivity index (χ4v) is 21.5. The molecule has 6 aliphatic rings. The molecule has 1 aliphatic heterocycles. The molecule has 300 valence electrons. The van der Waals surface area contributed by atoms with Crippen molar-refractivity contribution in [3.05, 3.63) is 0 Å². The van der Waals surface area contributed by atoms with E-state index in [0.717, 1.165) is 49.1 Å². The Morgan fingerprint density at radius 1 is 0.846 bits per heavy atom. The fourth-order valence-electron chi connectivity index (χ4n) is 15.4. The Morgan fingerprint density at radius 3 is 1.96 bits per heavy atom. The van der Waals surface area contributed by atoms with E-state index >= 15 is 0 Å². The minimum absolute atomic E-state index is 0.0200. The molecule has 0 aromatic heterocycles. The Balaban J connectivity index is 1.43. The molecule has 2 spiro atoms. The molecule has 8 heteroatoms. The minimum Gasteiger partial charge on any atom is -0.457 e. The highest BCUT2D eigenvalue weighted by atomic mass is 28.4. The number of fused-ring (bicyclic) bond motifs is 4. The molecule has 6 rings (SSSR count). The first-order valence-electron chi connectivity index (χ1n) is 22.1. The SMILES string of the molecule is CC[Si](CC)(CC)O[C@H]1C2OC(C(OC(C)=O)C(C)(C)O[Si](CC)(CC)CC)C[C@@H](C)[C@@H]2C2(C)CCC34CC35CCC(O)C(C)(C)C5CCC4[C@]12C. The Labute approximate surface area is 321 Å². The molecule has 5 saturated carbocycles. The van der Waals surface area contributed by atoms with E-state index in [9.17, 15) is 9.90 Å². The molecule has 0 radical (unpaired) electrons. The summed E-state index contributed by atoms with van der Waals surface area (Å²) in [5.41, 5.74) is 0.0913. The van der Waals surface area contributed by atoms with Crippen LogP contribution in [0, 0.1) is 50.7 Å². The summed E-state index contributed by atoms with van der Waals surface area (Å²) >= 11 is 0. The smallest absolute Gasteiger partial charge is 0.303 e. The first-order chi connectivity index (χ1) is 24.2. The van der Waals surface area contributed by atoms with Crippen LogP contribution in [-0.2, 0) is 23.1 Å². The lowest BCUT2D eigenvalue weighted by atomic mass is 9.41. The second-order valence-corrected chi connectivity index (χ2v) is 30.3. The number of esters is 1. The van der Waals surface area contributed by atoms with Crippen molar-refractivity contribution in [3.8, 4) is 0 Å². The molecule has 0 bridgehead atoms. The van der Waals surface area contributed by atoms with Crippen molar-refractivity contribution in [1.82, 2.24) is 0 Å². The predicted octanol–water partition coefficient (Wildman–Crippen LogP) is 10.9. The summed E-state index contributed by atoms with van der Waals surface area (Å²) < 4.78 is 29.2. The van der Waals surface area contributed by atoms with Crippen LogP contribution >= 0.6 is 0 Å². The van der Waals surface area contributed by atoms with Gasteiger partial charge in [0.25, 0.3) is 0 Å². The molecule has 6 nitrogen and oxygen atoms in total. The topological polar surface area (TPSA) is 74.2 Å². The number of carbonyl (C=O) groups excluding carboxylic acids is 1. The first-order valence-corrected chi connectivity index (χ1v) is 27.2. The summed E-state index contributed by atoms with van der Waals surface area (Å²) in [6.07, 6.45) is 8.41. The number of aliphatic hydroxyl groups excluding tert-OH is 1. The van der Waals surface area contributed by atoms with Crippen molar-refractivity contribution < 1.29 is 28.2 Å². The number of ether oxygens (including phenoxy) is 2. The normalized spacial score (nSPS) is 44.4. The summed E-state index contributed by atoms with van der Waals surface area (Å²) in [5, 5.41) is 11.3. The zero-order chi connectivity index (χ0) is 38.5. The fraction of sp³-hybridized carbons (Fsp3) is 0.977. The van der Waals surface area contributed by atoms with Gasteiger partial charge in [0.2, 0.25) is 0 Å². The second kappa shape index (κ2) is 13.7. The average molecular weight is 761 g/mol. The molecular formula is C44H80O6Si2. The van der Waals surface area contributed by atoms with Crippen molar-refractivity contribution in [2.24, 2.45) is 50.7 Å². The second-order valence-electron chi connectivity index (χ2n) is 20.9. The van der Waals surface area contributed by atoms with E-state index in [4.69, 9.17) is 18.3 Å². The maximum atomic E-state index is 12.9. The Morgan fingerprint density at radius 2 is 1.40 bits per heavy atom. The van der Waals surface area contributed by atoms with E-state index in [1.165, 1.54) is 38.5 Å². The largest absolute Gasteiger partial charge is 0.457 e. The van der Waals surface area contributed by atoms with Gasteiger partial charge in [-0.15, -0.1) is 0 Å². The van der Waals surface area contributed by atoms with E-state index in [0.29, 0.717) is 34.5 Å². The monoisotopic (exact) mass is 761 g/mol. The Bertz CT molecular complexity index is 1310. The molecule has 5 aliphatic carbocycles. The van der Waals surface area contributed by atoms with Gasteiger partial charge < -0.3 is 23.4 Å². The van der Waals surface area contributed by atoms with Gasteiger partial charge in [-0.1, -0.05) is 76.2 Å². The predicted molar refractivity (Wildman–Crippen MR) is 216 cm³/mol. The van der Waals surface area contributed by atoms with Crippen LogP contribution in [0.5, 0.6) is 0 Å². The van der Waals surface area contributed by atoms with Crippen LogP contribution < -0.4 is 0 Å². The third kappa shape index (κ3) is 5.64. The molecule has 6 fully saturated rings. The zero-order valence-corrected chi connectivity index (χ0v) is 38.1. The van der Waals surface area contributed by atoms with Crippen molar-refractivity contribution >= 4 is 22.6 Å². The Hall–Kier alpha value is -0.256. The summed E-state index contributed by atoms with van der Waals surface area (Å²) in [4.78, 5) is 12.9. The van der Waals surface area contributed by atoms with Gasteiger partial charge in [0.05, 0.1) is 30.0 Å². The zero-order valence-electron chi connectivity index (χ0n) is 36.1. The van der Waals surface area contributed by atoms with Gasteiger partial charge in [-0.2, -0.15) is 0 Å². The molecule has 1 saturated heterocycles. The van der Waals surface area contributed by atoms with Crippen LogP contribution in [0.1, 0.15) is 148 Å². The maximum Gasteiger partial charge on any atom is 0.303 e. The standard InChI is InChI=1S/C44H80O6Si2/c1-15-51(16-2,17-3)49-38-36-35(29(7)27-31(48-36)37(47-30(8)45)40(11,12)50-52(18-4,19-5)20-6)41(13)25-26-44-28-43(44)24-23-34(46)39(9,10)32(43)21-22-33(44)42(38,41)14/h29,31-38,46H,15-28H2,1-14H3/t29-,31?,32?,33?,34?,35+,36?,37?,38+,41?,42-,43?,44?/m1/s1. The number of aliphatic hydroxyl groups is 1. The summed E-state index contributed by atoms with van der Waals surface area (Å²) in [6.45, 7) is 32.4. The highest BCUT2D eigenvalue weighted by Crippen LogP contribution is 2.89. The van der Waals surface area contributed by atoms with Crippen molar-refractivity contribution in [2.45, 2.75) is 221 Å². The lowest BCUT2D eigenvalue weighted by Gasteiger charge is -2.64. The summed E-state index contributed by atoms with van der Waals surface area (Å²) in [6, 6.07) is 6.53. The molecule has 52 heavy (non-hydrogen) atoms. The molecule has 0 aromatic carbocycles. The van der Waals surface area contributed by atoms with Crippen LogP contribution in [0.2, 0.25) is 36.3 Å². The number of hydrogen-bond acceptors (Lipinski definition) is 6. The van der Waals surface area contributed by atoms with E-state index in [-0.39, 0.29) is 46.6 Å². The average Bonchev–Trinajstić information content (AvgIpc) is 3.73. The maximum absolute atomic E-state index is 12.9. The highest BCUT2D eigenvalue weighted by molar-refractivity contribution is 6.74. The molecule has 1 N–H and O–H groups in total. The van der Waals surface area contributed by atoms with Crippen molar-refractivity contribution in [2.75, 3.05) is 0 Å². The lowest BCUT2D eigenvalue weighted by Crippen LogP contribution is -2.61. The van der Waals surface area contributed by atoms with Crippen LogP contribution in [0.15, 0.2) is 0 Å². The van der Waals surface area contributed by atoms with E-state index in [1.54, 1.807) is 6.92 Å². The van der Waals surface area contributed by atoms with Crippen LogP contribution in [0.4, 0.5) is 0 Å². The van der Waals surface area contributed by atoms with Crippen LogP contribution in [0.3, 0.4) is 0 Å². The van der Waals surface area contributed by atoms with Gasteiger partial charge >= 0.3 is 5.97 Å². The van der Waals surface area contributed by atoms with E-state index in [2.05, 4.69) is 90.0 Å². The molecule has 1 heterocycles. The van der Waals surface area contributed by atoms with Crippen molar-refractivity contribution in [3.63, 3.8) is 0 Å². The third-order valence-corrected chi connectivity index (χ3v) is 28.3. The molecular weight excluding hydrogens is 681 g/mol. The molecule has 13 atom stereocenters. The van der Waals surface area contributed by atoms with Gasteiger partial charge in [0.15, 0.2) is 22.7 Å². The van der Waals surface area contributed by atoms with Crippen LogP contribution in [-0.4, -0.2) is 63.8 Å². The Kier molecular flexibility index (Phi) is 10.9. The van der Waals surface area contributed by atoms with E-state index < -0.39 is 28.3 Å². The summed E-state index contributed by atoms with van der Waals surface area (Å²) in [5.74, 6) is 1.74. The quantitative estimate of drug-likeness (QED) is 0.149. The number of carbonyl (C=O) groups is 1. The van der Waals surface area contributed by atoms with Gasteiger partial charge in [-0.3, -0.25) is 4.79 Å². The van der Waals surface area contributed by atoms with Gasteiger partial charge in [-0.05, 0) is 147 Å². The first kappa shape index (κ1) is 41.4. The minimum atomic E-state index is -2.05. The molecule has 0 amide bonds. The molecule has 0 aromatic rings. The van der Waals surface area contributed by atoms with E-state index in [1.807, 2.05) is 0 Å². The summed E-state index contributed by atoms with van der Waals surface area (Å²) in [7, 11) is -4.07. The van der Waals surface area contributed by atoms with Gasteiger partial charge in [0.1, 0.15) is 0 Å². The van der Waals surface area contributed by atoms with Crippen molar-refractivity contribution in [1.29, 1.82) is 0 Å². The third-order valence-electron chi connectivity index (χ3n) is 18.8. The van der Waals surface area contributed by atoms with Gasteiger partial charge in [-0.25, -0.2) is 0 Å². The highest BCUT2D eigenvalue weighted by Gasteiger charge is 2.85. The number of rotatable bonds is 13.